The molecule has 29 heavy (non-hydrogen) atoms. The molecule has 1 saturated heterocycles. The van der Waals surface area contributed by atoms with Crippen molar-refractivity contribution < 1.29 is 27.8 Å². The fraction of sp³-hybridized carbons (Fsp3) is 0.333. The van der Waals surface area contributed by atoms with Crippen LogP contribution in [0.2, 0.25) is 0 Å². The zero-order valence-corrected chi connectivity index (χ0v) is 16.2. The minimum Gasteiger partial charge on any atom is -0.497 e. The van der Waals surface area contributed by atoms with Crippen molar-refractivity contribution in [1.82, 2.24) is 9.80 Å². The summed E-state index contributed by atoms with van der Waals surface area (Å²) >= 11 is 0. The summed E-state index contributed by atoms with van der Waals surface area (Å²) in [5.74, 6) is -2.23. The zero-order chi connectivity index (χ0) is 21.0. The van der Waals surface area contributed by atoms with Gasteiger partial charge in [0.1, 0.15) is 12.3 Å². The van der Waals surface area contributed by atoms with Crippen molar-refractivity contribution >= 4 is 11.8 Å². The normalized spacial score (nSPS) is 17.2. The molecule has 0 bridgehead atoms. The molecule has 1 atom stereocenters. The lowest BCUT2D eigenvalue weighted by atomic mass is 10.1. The molecule has 6 nitrogen and oxygen atoms in total. The number of hydrogen-bond donors (Lipinski definition) is 0. The van der Waals surface area contributed by atoms with Crippen molar-refractivity contribution in [2.45, 2.75) is 12.6 Å². The van der Waals surface area contributed by atoms with Gasteiger partial charge in [0.25, 0.3) is 5.91 Å². The second-order valence-corrected chi connectivity index (χ2v) is 6.79. The minimum atomic E-state index is -1.11. The van der Waals surface area contributed by atoms with E-state index in [1.165, 1.54) is 18.1 Å². The van der Waals surface area contributed by atoms with E-state index < -0.39 is 23.6 Å². The minimum absolute atomic E-state index is 0.0184. The molecule has 1 fully saturated rings. The molecule has 2 aromatic carbocycles. The molecule has 154 valence electrons. The van der Waals surface area contributed by atoms with E-state index in [0.29, 0.717) is 18.8 Å². The van der Waals surface area contributed by atoms with Crippen LogP contribution in [0.4, 0.5) is 8.78 Å². The molecular weight excluding hydrogens is 382 g/mol. The first-order valence-corrected chi connectivity index (χ1v) is 9.09. The van der Waals surface area contributed by atoms with Crippen molar-refractivity contribution in [1.29, 1.82) is 0 Å². The van der Waals surface area contributed by atoms with Crippen LogP contribution in [0.5, 0.6) is 5.75 Å². The Hall–Kier alpha value is -3.00. The molecule has 0 saturated carbocycles. The Morgan fingerprint density at radius 2 is 1.79 bits per heavy atom. The number of carbonyl (C=O) groups is 2. The maximum absolute atomic E-state index is 13.5. The van der Waals surface area contributed by atoms with Gasteiger partial charge in [-0.15, -0.1) is 0 Å². The molecule has 0 unspecified atom stereocenters. The number of amides is 2. The Morgan fingerprint density at radius 1 is 1.07 bits per heavy atom. The second kappa shape index (κ2) is 9.00. The van der Waals surface area contributed by atoms with Crippen molar-refractivity contribution in [3.8, 4) is 5.75 Å². The molecule has 1 heterocycles. The predicted molar refractivity (Wildman–Crippen MR) is 101 cm³/mol. The average molecular weight is 404 g/mol. The predicted octanol–water partition coefficient (Wildman–Crippen LogP) is 2.47. The number of carbonyl (C=O) groups excluding carboxylic acids is 2. The highest BCUT2D eigenvalue weighted by atomic mass is 19.2. The van der Waals surface area contributed by atoms with E-state index in [1.807, 2.05) is 24.3 Å². The van der Waals surface area contributed by atoms with Crippen LogP contribution in [-0.2, 0) is 16.1 Å². The largest absolute Gasteiger partial charge is 0.497 e. The van der Waals surface area contributed by atoms with E-state index in [1.54, 1.807) is 12.0 Å². The lowest BCUT2D eigenvalue weighted by molar-refractivity contribution is -0.132. The summed E-state index contributed by atoms with van der Waals surface area (Å²) < 4.78 is 37.3. The number of nitrogens with zero attached hydrogens (tertiary/aromatic N) is 2. The summed E-state index contributed by atoms with van der Waals surface area (Å²) in [4.78, 5) is 28.5. The van der Waals surface area contributed by atoms with E-state index in [9.17, 15) is 18.4 Å². The zero-order valence-electron chi connectivity index (χ0n) is 16.2. The fourth-order valence-corrected chi connectivity index (χ4v) is 3.20. The summed E-state index contributed by atoms with van der Waals surface area (Å²) in [6.45, 7) is 0.659. The molecule has 0 spiro atoms. The van der Waals surface area contributed by atoms with Gasteiger partial charge in [-0.05, 0) is 35.9 Å². The monoisotopic (exact) mass is 404 g/mol. The van der Waals surface area contributed by atoms with Crippen LogP contribution in [0.15, 0.2) is 42.5 Å². The van der Waals surface area contributed by atoms with Crippen molar-refractivity contribution in [2.75, 3.05) is 33.9 Å². The standard InChI is InChI=1S/C21H22F2N2O4/c1-28-16-6-3-14(4-7-16)10-24-11-17(29-2)12-25(13-20(24)26)21(27)15-5-8-18(22)19(23)9-15/h3-9,17H,10-13H2,1-2H3/t17-/m0/s1. The molecule has 2 amide bonds. The van der Waals surface area contributed by atoms with Crippen LogP contribution >= 0.6 is 0 Å². The Kier molecular flexibility index (Phi) is 6.43. The molecule has 0 aliphatic carbocycles. The maximum atomic E-state index is 13.5. The summed E-state index contributed by atoms with van der Waals surface area (Å²) in [6, 6.07) is 10.3. The molecule has 0 aromatic heterocycles. The number of ether oxygens (including phenoxy) is 2. The Morgan fingerprint density at radius 3 is 2.41 bits per heavy atom. The average Bonchev–Trinajstić information content (AvgIpc) is 2.89. The van der Waals surface area contributed by atoms with Gasteiger partial charge in [-0.1, -0.05) is 12.1 Å². The van der Waals surface area contributed by atoms with Crippen LogP contribution < -0.4 is 4.74 Å². The summed E-state index contributed by atoms with van der Waals surface area (Å²) in [7, 11) is 3.08. The number of benzene rings is 2. The van der Waals surface area contributed by atoms with Gasteiger partial charge in [0.05, 0.1) is 13.2 Å². The Bertz CT molecular complexity index is 889. The van der Waals surface area contributed by atoms with Gasteiger partial charge >= 0.3 is 0 Å². The molecule has 8 heteroatoms. The van der Waals surface area contributed by atoms with Crippen LogP contribution in [-0.4, -0.2) is 61.6 Å². The van der Waals surface area contributed by atoms with Gasteiger partial charge in [0, 0.05) is 32.3 Å². The Labute approximate surface area is 167 Å². The molecule has 3 rings (SSSR count). The highest BCUT2D eigenvalue weighted by molar-refractivity contribution is 5.96. The highest BCUT2D eigenvalue weighted by Crippen LogP contribution is 2.18. The molecule has 1 aliphatic rings. The van der Waals surface area contributed by atoms with Crippen molar-refractivity contribution in [3.63, 3.8) is 0 Å². The lowest BCUT2D eigenvalue weighted by Crippen LogP contribution is -2.39. The third kappa shape index (κ3) is 4.89. The summed E-state index contributed by atoms with van der Waals surface area (Å²) in [5, 5.41) is 0. The second-order valence-electron chi connectivity index (χ2n) is 6.79. The number of rotatable bonds is 5. The number of hydrogen-bond acceptors (Lipinski definition) is 4. The fourth-order valence-electron chi connectivity index (χ4n) is 3.20. The quantitative estimate of drug-likeness (QED) is 0.768. The third-order valence-electron chi connectivity index (χ3n) is 4.85. The topological polar surface area (TPSA) is 59.1 Å². The van der Waals surface area contributed by atoms with Gasteiger partial charge in [0.2, 0.25) is 5.91 Å². The molecule has 1 aliphatic heterocycles. The summed E-state index contributed by atoms with van der Waals surface area (Å²) in [6.07, 6.45) is -0.408. The van der Waals surface area contributed by atoms with E-state index in [-0.39, 0.29) is 24.6 Å². The first kappa shape index (κ1) is 20.7. The Balaban J connectivity index is 1.76. The molecule has 2 aromatic rings. The van der Waals surface area contributed by atoms with Crippen molar-refractivity contribution in [3.05, 3.63) is 65.2 Å². The van der Waals surface area contributed by atoms with Crippen LogP contribution in [0, 0.1) is 11.6 Å². The van der Waals surface area contributed by atoms with Gasteiger partial charge in [-0.2, -0.15) is 0 Å². The van der Waals surface area contributed by atoms with Crippen LogP contribution in [0.3, 0.4) is 0 Å². The van der Waals surface area contributed by atoms with E-state index in [2.05, 4.69) is 0 Å². The van der Waals surface area contributed by atoms with E-state index >= 15 is 0 Å². The van der Waals surface area contributed by atoms with E-state index in [0.717, 1.165) is 17.7 Å². The first-order chi connectivity index (χ1) is 13.9. The third-order valence-corrected chi connectivity index (χ3v) is 4.85. The maximum Gasteiger partial charge on any atom is 0.254 e. The van der Waals surface area contributed by atoms with Gasteiger partial charge in [-0.3, -0.25) is 9.59 Å². The lowest BCUT2D eigenvalue weighted by Gasteiger charge is -2.23. The SMILES string of the molecule is COc1ccc(CN2C[C@H](OC)CN(C(=O)c3ccc(F)c(F)c3)CC2=O)cc1. The first-order valence-electron chi connectivity index (χ1n) is 9.09. The van der Waals surface area contributed by atoms with Gasteiger partial charge in [0.15, 0.2) is 11.6 Å². The molecule has 0 N–H and O–H groups in total. The van der Waals surface area contributed by atoms with Gasteiger partial charge < -0.3 is 19.3 Å². The van der Waals surface area contributed by atoms with Gasteiger partial charge in [-0.25, -0.2) is 8.78 Å². The smallest absolute Gasteiger partial charge is 0.254 e. The van der Waals surface area contributed by atoms with Crippen LogP contribution in [0.25, 0.3) is 0 Å². The summed E-state index contributed by atoms with van der Waals surface area (Å²) in [5.41, 5.74) is 0.893. The van der Waals surface area contributed by atoms with E-state index in [4.69, 9.17) is 9.47 Å². The molecule has 0 radical (unpaired) electrons. The number of methoxy groups -OCH3 is 2. The van der Waals surface area contributed by atoms with Crippen LogP contribution in [0.1, 0.15) is 15.9 Å². The highest BCUT2D eigenvalue weighted by Gasteiger charge is 2.31. The van der Waals surface area contributed by atoms with Crippen molar-refractivity contribution in [2.24, 2.45) is 0 Å². The molecular formula is C21H22F2N2O4. The number of halogens is 2.